The van der Waals surface area contributed by atoms with Gasteiger partial charge in [0.2, 0.25) is 0 Å². The fourth-order valence-corrected chi connectivity index (χ4v) is 4.35. The van der Waals surface area contributed by atoms with Gasteiger partial charge >= 0.3 is 0 Å². The molecule has 0 spiro atoms. The van der Waals surface area contributed by atoms with Crippen molar-refractivity contribution >= 4 is 50.0 Å². The number of fused-ring (bicyclic) bond motifs is 1. The summed E-state index contributed by atoms with van der Waals surface area (Å²) in [7, 11) is 0. The van der Waals surface area contributed by atoms with Gasteiger partial charge in [0.15, 0.2) is 16.7 Å². The summed E-state index contributed by atoms with van der Waals surface area (Å²) in [6.07, 6.45) is 1.54. The molecule has 6 nitrogen and oxygen atoms in total. The van der Waals surface area contributed by atoms with E-state index in [1.807, 2.05) is 0 Å². The lowest BCUT2D eigenvalue weighted by Crippen LogP contribution is -2.31. The van der Waals surface area contributed by atoms with Crippen LogP contribution in [0.4, 0.5) is 9.52 Å². The van der Waals surface area contributed by atoms with Crippen molar-refractivity contribution in [1.29, 1.82) is 0 Å². The first-order valence-corrected chi connectivity index (χ1v) is 9.96. The summed E-state index contributed by atoms with van der Waals surface area (Å²) in [6.45, 7) is 3.38. The lowest BCUT2D eigenvalue weighted by Gasteiger charge is -2.24. The SMILES string of the molecule is CC(C)C(=O)C1=C(O)C(=O)N(c2nc3cc(Cl)c(F)cc3s2)C1c1ccccn1. The highest BCUT2D eigenvalue weighted by atomic mass is 35.5. The summed E-state index contributed by atoms with van der Waals surface area (Å²) in [5.74, 6) is -2.77. The Morgan fingerprint density at radius 2 is 2.10 bits per heavy atom. The first-order valence-electron chi connectivity index (χ1n) is 8.77. The molecule has 4 rings (SSSR count). The van der Waals surface area contributed by atoms with Gasteiger partial charge in [-0.15, -0.1) is 0 Å². The Balaban J connectivity index is 1.90. The number of halogens is 2. The van der Waals surface area contributed by atoms with Crippen molar-refractivity contribution in [1.82, 2.24) is 9.97 Å². The molecule has 2 aromatic heterocycles. The molecule has 0 bridgehead atoms. The highest BCUT2D eigenvalue weighted by Crippen LogP contribution is 2.43. The van der Waals surface area contributed by atoms with E-state index < -0.39 is 29.4 Å². The number of Topliss-reactive ketones (excluding diaryl/α,β-unsaturated/α-hetero) is 1. The number of rotatable bonds is 4. The van der Waals surface area contributed by atoms with Gasteiger partial charge in [-0.2, -0.15) is 0 Å². The smallest absolute Gasteiger partial charge is 0.296 e. The fraction of sp³-hybridized carbons (Fsp3) is 0.200. The zero-order chi connectivity index (χ0) is 20.9. The Labute approximate surface area is 174 Å². The molecule has 148 valence electrons. The number of pyridine rings is 1. The van der Waals surface area contributed by atoms with E-state index in [0.29, 0.717) is 15.9 Å². The molecular formula is C20H15ClFN3O3S. The molecule has 0 saturated heterocycles. The van der Waals surface area contributed by atoms with Crippen LogP contribution in [0.25, 0.3) is 10.2 Å². The van der Waals surface area contributed by atoms with E-state index >= 15 is 0 Å². The molecule has 1 atom stereocenters. The summed E-state index contributed by atoms with van der Waals surface area (Å²) < 4.78 is 14.3. The van der Waals surface area contributed by atoms with E-state index in [1.165, 1.54) is 17.0 Å². The van der Waals surface area contributed by atoms with Crippen molar-refractivity contribution in [3.05, 3.63) is 64.4 Å². The van der Waals surface area contributed by atoms with Gasteiger partial charge in [0, 0.05) is 12.1 Å². The van der Waals surface area contributed by atoms with Crippen molar-refractivity contribution in [3.63, 3.8) is 0 Å². The van der Waals surface area contributed by atoms with Crippen LogP contribution in [0.1, 0.15) is 25.6 Å². The van der Waals surface area contributed by atoms with Crippen LogP contribution in [-0.2, 0) is 9.59 Å². The Kier molecular flexibility index (Phi) is 4.84. The van der Waals surface area contributed by atoms with Crippen LogP contribution >= 0.6 is 22.9 Å². The molecule has 0 radical (unpaired) electrons. The molecule has 1 aliphatic rings. The number of hydrogen-bond acceptors (Lipinski definition) is 6. The lowest BCUT2D eigenvalue weighted by molar-refractivity contribution is -0.119. The molecule has 0 aliphatic carbocycles. The number of aliphatic hydroxyl groups excluding tert-OH is 1. The lowest BCUT2D eigenvalue weighted by atomic mass is 9.94. The minimum Gasteiger partial charge on any atom is -0.503 e. The maximum absolute atomic E-state index is 13.8. The normalized spacial score (nSPS) is 17.1. The second kappa shape index (κ2) is 7.20. The molecule has 0 fully saturated rings. The second-order valence-electron chi connectivity index (χ2n) is 6.84. The first-order chi connectivity index (χ1) is 13.8. The molecule has 3 heterocycles. The number of anilines is 1. The van der Waals surface area contributed by atoms with Crippen LogP contribution in [-0.4, -0.2) is 26.8 Å². The van der Waals surface area contributed by atoms with E-state index in [-0.39, 0.29) is 21.5 Å². The third kappa shape index (κ3) is 3.18. The molecular weight excluding hydrogens is 417 g/mol. The second-order valence-corrected chi connectivity index (χ2v) is 8.26. The summed E-state index contributed by atoms with van der Waals surface area (Å²) in [6, 6.07) is 6.78. The number of ketones is 1. The van der Waals surface area contributed by atoms with Crippen molar-refractivity contribution in [2.24, 2.45) is 5.92 Å². The van der Waals surface area contributed by atoms with E-state index in [0.717, 1.165) is 11.3 Å². The van der Waals surface area contributed by atoms with Crippen LogP contribution in [0, 0.1) is 11.7 Å². The predicted octanol–water partition coefficient (Wildman–Crippen LogP) is 4.61. The Morgan fingerprint density at radius 3 is 2.76 bits per heavy atom. The van der Waals surface area contributed by atoms with Gasteiger partial charge < -0.3 is 5.11 Å². The summed E-state index contributed by atoms with van der Waals surface area (Å²) in [4.78, 5) is 35.7. The summed E-state index contributed by atoms with van der Waals surface area (Å²) >= 11 is 6.90. The van der Waals surface area contributed by atoms with Gasteiger partial charge in [-0.1, -0.05) is 42.9 Å². The molecule has 1 aromatic carbocycles. The molecule has 1 amide bonds. The number of aromatic nitrogens is 2. The molecule has 29 heavy (non-hydrogen) atoms. The number of nitrogens with zero attached hydrogens (tertiary/aromatic N) is 3. The highest BCUT2D eigenvalue weighted by Gasteiger charge is 2.46. The van der Waals surface area contributed by atoms with Crippen molar-refractivity contribution in [2.45, 2.75) is 19.9 Å². The maximum atomic E-state index is 13.8. The van der Waals surface area contributed by atoms with Gasteiger partial charge in [0.25, 0.3) is 5.91 Å². The molecule has 1 aliphatic heterocycles. The monoisotopic (exact) mass is 431 g/mol. The number of aliphatic hydroxyl groups is 1. The summed E-state index contributed by atoms with van der Waals surface area (Å²) in [5, 5.41) is 10.7. The minimum absolute atomic E-state index is 0.0211. The number of carbonyl (C=O) groups is 2. The number of thiazole rings is 1. The van der Waals surface area contributed by atoms with E-state index in [1.54, 1.807) is 38.2 Å². The number of carbonyl (C=O) groups excluding carboxylic acids is 2. The standard InChI is InChI=1S/C20H15ClFN3O3S/c1-9(2)17(26)15-16(12-5-3-4-6-23-12)25(19(28)18(15)27)20-24-13-7-10(21)11(22)8-14(13)29-20/h3-9,16,27H,1-2H3. The Morgan fingerprint density at radius 1 is 1.34 bits per heavy atom. The first kappa shape index (κ1) is 19.5. The van der Waals surface area contributed by atoms with E-state index in [4.69, 9.17) is 11.6 Å². The van der Waals surface area contributed by atoms with Gasteiger partial charge in [-0.3, -0.25) is 19.5 Å². The quantitative estimate of drug-likeness (QED) is 0.652. The van der Waals surface area contributed by atoms with E-state index in [2.05, 4.69) is 9.97 Å². The minimum atomic E-state index is -0.931. The third-order valence-electron chi connectivity index (χ3n) is 4.59. The zero-order valence-electron chi connectivity index (χ0n) is 15.4. The molecule has 1 unspecified atom stereocenters. The van der Waals surface area contributed by atoms with Crippen LogP contribution in [0.2, 0.25) is 5.02 Å². The number of benzene rings is 1. The third-order valence-corrected chi connectivity index (χ3v) is 5.90. The molecule has 0 saturated carbocycles. The molecule has 3 aromatic rings. The zero-order valence-corrected chi connectivity index (χ0v) is 17.0. The van der Waals surface area contributed by atoms with Gasteiger partial charge in [-0.05, 0) is 24.3 Å². The maximum Gasteiger partial charge on any atom is 0.296 e. The van der Waals surface area contributed by atoms with Gasteiger partial charge in [0.05, 0.1) is 26.5 Å². The number of hydrogen-bond donors (Lipinski definition) is 1. The topological polar surface area (TPSA) is 83.4 Å². The van der Waals surface area contributed by atoms with Gasteiger partial charge in [-0.25, -0.2) is 9.37 Å². The van der Waals surface area contributed by atoms with Crippen molar-refractivity contribution in [2.75, 3.05) is 4.90 Å². The van der Waals surface area contributed by atoms with Crippen LogP contribution in [0.3, 0.4) is 0 Å². The summed E-state index contributed by atoms with van der Waals surface area (Å²) in [5.41, 5.74) is 0.802. The van der Waals surface area contributed by atoms with E-state index in [9.17, 15) is 19.1 Å². The number of amides is 1. The molecule has 9 heteroatoms. The predicted molar refractivity (Wildman–Crippen MR) is 109 cm³/mol. The van der Waals surface area contributed by atoms with Crippen molar-refractivity contribution < 1.29 is 19.1 Å². The van der Waals surface area contributed by atoms with Crippen molar-refractivity contribution in [3.8, 4) is 0 Å². The van der Waals surface area contributed by atoms with Crippen LogP contribution in [0.5, 0.6) is 0 Å². The van der Waals surface area contributed by atoms with Crippen LogP contribution in [0.15, 0.2) is 47.9 Å². The average molecular weight is 432 g/mol. The Hall–Kier alpha value is -2.84. The fourth-order valence-electron chi connectivity index (χ4n) is 3.20. The highest BCUT2D eigenvalue weighted by molar-refractivity contribution is 7.22. The van der Waals surface area contributed by atoms with Crippen LogP contribution < -0.4 is 4.90 Å². The average Bonchev–Trinajstić information content (AvgIpc) is 3.20. The largest absolute Gasteiger partial charge is 0.503 e. The van der Waals surface area contributed by atoms with Gasteiger partial charge in [0.1, 0.15) is 11.9 Å². The Bertz CT molecular complexity index is 1140. The molecule has 1 N–H and O–H groups in total.